The highest BCUT2D eigenvalue weighted by molar-refractivity contribution is 7.97. The van der Waals surface area contributed by atoms with Crippen molar-refractivity contribution in [1.29, 1.82) is 0 Å². The number of fused-ring (bicyclic) bond motifs is 1. The summed E-state index contributed by atoms with van der Waals surface area (Å²) < 4.78 is 0. The first kappa shape index (κ1) is 8.26. The van der Waals surface area contributed by atoms with Gasteiger partial charge in [0, 0.05) is 23.3 Å². The molecule has 3 heteroatoms. The van der Waals surface area contributed by atoms with Gasteiger partial charge >= 0.3 is 0 Å². The van der Waals surface area contributed by atoms with Crippen molar-refractivity contribution in [3.05, 3.63) is 42.2 Å². The van der Waals surface area contributed by atoms with Crippen molar-refractivity contribution in [2.45, 2.75) is 0 Å². The molecule has 0 radical (unpaired) electrons. The second-order valence-corrected chi connectivity index (χ2v) is 3.15. The molecule has 2 aromatic rings. The summed E-state index contributed by atoms with van der Waals surface area (Å²) in [6, 6.07) is 7.30. The van der Waals surface area contributed by atoms with Crippen molar-refractivity contribution in [3.8, 4) is 0 Å². The minimum absolute atomic E-state index is 0.210. The topological polar surface area (TPSA) is 30.0 Å². The first-order valence-corrected chi connectivity index (χ1v) is 4.29. The summed E-state index contributed by atoms with van der Waals surface area (Å²) in [7, 11) is 0. The molecule has 1 aromatic heterocycles. The number of benzene rings is 1. The van der Waals surface area contributed by atoms with E-state index in [-0.39, 0.29) is 5.12 Å². The largest absolute Gasteiger partial charge is 0.282 e. The summed E-state index contributed by atoms with van der Waals surface area (Å²) in [5, 5.41) is 1.83. The third-order valence-corrected chi connectivity index (χ3v) is 2.15. The highest BCUT2D eigenvalue weighted by Crippen LogP contribution is 2.15. The molecular weight excluding hydrogens is 182 g/mol. The Kier molecular flexibility index (Phi) is 2.02. The van der Waals surface area contributed by atoms with Gasteiger partial charge in [-0.25, -0.2) is 0 Å². The average molecular weight is 189 g/mol. The van der Waals surface area contributed by atoms with E-state index in [1.807, 2.05) is 18.2 Å². The lowest BCUT2D eigenvalue weighted by molar-refractivity contribution is 0.109. The molecule has 0 atom stereocenters. The van der Waals surface area contributed by atoms with Crippen LogP contribution in [0.4, 0.5) is 0 Å². The third-order valence-electron chi connectivity index (χ3n) is 1.89. The van der Waals surface area contributed by atoms with Crippen LogP contribution in [-0.4, -0.2) is 10.1 Å². The van der Waals surface area contributed by atoms with Crippen LogP contribution in [0, 0.1) is 0 Å². The predicted octanol–water partition coefficient (Wildman–Crippen LogP) is 2.30. The lowest BCUT2D eigenvalue weighted by Gasteiger charge is -1.98. The number of pyridine rings is 1. The van der Waals surface area contributed by atoms with Crippen molar-refractivity contribution in [2.75, 3.05) is 0 Å². The van der Waals surface area contributed by atoms with Gasteiger partial charge in [0.1, 0.15) is 0 Å². The molecule has 0 unspecified atom stereocenters. The van der Waals surface area contributed by atoms with E-state index in [0.29, 0.717) is 5.56 Å². The highest BCUT2D eigenvalue weighted by atomic mass is 32.1. The van der Waals surface area contributed by atoms with Crippen molar-refractivity contribution >= 4 is 28.5 Å². The van der Waals surface area contributed by atoms with Crippen molar-refractivity contribution < 1.29 is 4.79 Å². The molecule has 2 nitrogen and oxygen atoms in total. The van der Waals surface area contributed by atoms with E-state index in [1.54, 1.807) is 18.5 Å². The SMILES string of the molecule is O=C(S)c1ccc2cnccc2c1. The van der Waals surface area contributed by atoms with Crippen LogP contribution < -0.4 is 0 Å². The van der Waals surface area contributed by atoms with E-state index >= 15 is 0 Å². The van der Waals surface area contributed by atoms with Gasteiger partial charge in [-0.05, 0) is 23.6 Å². The van der Waals surface area contributed by atoms with Crippen molar-refractivity contribution in [3.63, 3.8) is 0 Å². The molecule has 0 spiro atoms. The number of carbonyl (C=O) groups is 1. The fourth-order valence-electron chi connectivity index (χ4n) is 1.22. The standard InChI is InChI=1S/C10H7NOS/c12-10(13)8-1-2-9-6-11-4-3-7(9)5-8/h1-6H,(H,12,13). The number of rotatable bonds is 1. The fraction of sp³-hybridized carbons (Fsp3) is 0. The maximum atomic E-state index is 10.9. The molecule has 0 amide bonds. The molecule has 1 aromatic carbocycles. The molecule has 0 saturated heterocycles. The van der Waals surface area contributed by atoms with Gasteiger partial charge in [-0.1, -0.05) is 6.07 Å². The summed E-state index contributed by atoms with van der Waals surface area (Å²) in [6.07, 6.45) is 3.47. The maximum absolute atomic E-state index is 10.9. The van der Waals surface area contributed by atoms with Gasteiger partial charge in [0.25, 0.3) is 0 Å². The average Bonchev–Trinajstić information content (AvgIpc) is 2.17. The fourth-order valence-corrected chi connectivity index (χ4v) is 1.36. The van der Waals surface area contributed by atoms with Crippen LogP contribution in [-0.2, 0) is 0 Å². The molecule has 0 N–H and O–H groups in total. The predicted molar refractivity (Wildman–Crippen MR) is 55.1 cm³/mol. The molecule has 0 fully saturated rings. The summed E-state index contributed by atoms with van der Waals surface area (Å²) in [5.41, 5.74) is 0.613. The van der Waals surface area contributed by atoms with E-state index < -0.39 is 0 Å². The number of aromatic nitrogens is 1. The Hall–Kier alpha value is -1.35. The Balaban J connectivity index is 2.69. The van der Waals surface area contributed by atoms with Gasteiger partial charge in [-0.2, -0.15) is 0 Å². The number of hydrogen-bond acceptors (Lipinski definition) is 2. The molecule has 0 aliphatic rings. The summed E-state index contributed by atoms with van der Waals surface area (Å²) in [5.74, 6) is 0. The minimum atomic E-state index is -0.210. The first-order chi connectivity index (χ1) is 6.27. The zero-order valence-electron chi connectivity index (χ0n) is 6.77. The molecular formula is C10H7NOS. The van der Waals surface area contributed by atoms with Gasteiger partial charge in [-0.15, -0.1) is 12.6 Å². The van der Waals surface area contributed by atoms with Gasteiger partial charge < -0.3 is 0 Å². The smallest absolute Gasteiger partial charge is 0.216 e. The first-order valence-electron chi connectivity index (χ1n) is 3.84. The Morgan fingerprint density at radius 2 is 2.08 bits per heavy atom. The Morgan fingerprint density at radius 3 is 2.85 bits per heavy atom. The molecule has 0 aliphatic carbocycles. The molecule has 64 valence electrons. The van der Waals surface area contributed by atoms with Crippen LogP contribution in [0.2, 0.25) is 0 Å². The molecule has 0 saturated carbocycles. The summed E-state index contributed by atoms with van der Waals surface area (Å²) >= 11 is 3.76. The Morgan fingerprint density at radius 1 is 1.23 bits per heavy atom. The lowest BCUT2D eigenvalue weighted by Crippen LogP contribution is -1.87. The molecule has 0 bridgehead atoms. The van der Waals surface area contributed by atoms with Crippen LogP contribution in [0.5, 0.6) is 0 Å². The monoisotopic (exact) mass is 189 g/mol. The maximum Gasteiger partial charge on any atom is 0.216 e. The minimum Gasteiger partial charge on any atom is -0.282 e. The van der Waals surface area contributed by atoms with Crippen LogP contribution >= 0.6 is 12.6 Å². The molecule has 1 heterocycles. The second kappa shape index (κ2) is 3.18. The van der Waals surface area contributed by atoms with Gasteiger partial charge in [0.15, 0.2) is 0 Å². The van der Waals surface area contributed by atoms with E-state index in [9.17, 15) is 4.79 Å². The molecule has 0 aliphatic heterocycles. The summed E-state index contributed by atoms with van der Waals surface area (Å²) in [4.78, 5) is 14.9. The van der Waals surface area contributed by atoms with E-state index in [2.05, 4.69) is 17.6 Å². The van der Waals surface area contributed by atoms with E-state index in [1.165, 1.54) is 0 Å². The third kappa shape index (κ3) is 1.55. The number of thiol groups is 1. The normalized spacial score (nSPS) is 10.2. The quantitative estimate of drug-likeness (QED) is 0.698. The Labute approximate surface area is 81.0 Å². The van der Waals surface area contributed by atoms with Crippen molar-refractivity contribution in [1.82, 2.24) is 4.98 Å². The number of hydrogen-bond donors (Lipinski definition) is 1. The molecule has 2 rings (SSSR count). The summed E-state index contributed by atoms with van der Waals surface area (Å²) in [6.45, 7) is 0. The van der Waals surface area contributed by atoms with Gasteiger partial charge in [-0.3, -0.25) is 9.78 Å². The van der Waals surface area contributed by atoms with Gasteiger partial charge in [0.2, 0.25) is 5.12 Å². The van der Waals surface area contributed by atoms with E-state index in [4.69, 9.17) is 0 Å². The number of carbonyl (C=O) groups excluding carboxylic acids is 1. The zero-order chi connectivity index (χ0) is 9.26. The van der Waals surface area contributed by atoms with Crippen LogP contribution in [0.25, 0.3) is 10.8 Å². The van der Waals surface area contributed by atoms with Crippen LogP contribution in [0.3, 0.4) is 0 Å². The number of nitrogens with zero attached hydrogens (tertiary/aromatic N) is 1. The zero-order valence-corrected chi connectivity index (χ0v) is 7.66. The highest BCUT2D eigenvalue weighted by Gasteiger charge is 2.00. The van der Waals surface area contributed by atoms with Gasteiger partial charge in [0.05, 0.1) is 0 Å². The van der Waals surface area contributed by atoms with Crippen molar-refractivity contribution in [2.24, 2.45) is 0 Å². The lowest BCUT2D eigenvalue weighted by atomic mass is 10.1. The second-order valence-electron chi connectivity index (χ2n) is 2.74. The molecule has 13 heavy (non-hydrogen) atoms. The van der Waals surface area contributed by atoms with Crippen LogP contribution in [0.15, 0.2) is 36.7 Å². The van der Waals surface area contributed by atoms with E-state index in [0.717, 1.165) is 10.8 Å². The van der Waals surface area contributed by atoms with Crippen LogP contribution in [0.1, 0.15) is 10.4 Å². The Bertz CT molecular complexity index is 467.